The number of para-hydroxylation sites is 2. The summed E-state index contributed by atoms with van der Waals surface area (Å²) >= 11 is 0. The Morgan fingerprint density at radius 2 is 0.827 bits per heavy atom. The van der Waals surface area contributed by atoms with Crippen LogP contribution in [0.15, 0.2) is 173 Å². The lowest BCUT2D eigenvalue weighted by molar-refractivity contribution is 0.669. The zero-order chi connectivity index (χ0) is 34.2. The molecule has 3 heterocycles. The second kappa shape index (κ2) is 11.2. The van der Waals surface area contributed by atoms with E-state index >= 15 is 0 Å². The second-order valence-electron chi connectivity index (χ2n) is 13.2. The molecule has 0 aliphatic rings. The van der Waals surface area contributed by atoms with Crippen molar-refractivity contribution in [3.8, 4) is 45.3 Å². The van der Waals surface area contributed by atoms with Gasteiger partial charge in [-0.05, 0) is 75.1 Å². The highest BCUT2D eigenvalue weighted by Gasteiger charge is 2.24. The van der Waals surface area contributed by atoms with Gasteiger partial charge >= 0.3 is 0 Å². The predicted molar refractivity (Wildman–Crippen MR) is 211 cm³/mol. The minimum atomic E-state index is 0.568. The van der Waals surface area contributed by atoms with Gasteiger partial charge in [0.05, 0.1) is 0 Å². The molecule has 242 valence electrons. The van der Waals surface area contributed by atoms with Crippen LogP contribution in [-0.4, -0.2) is 15.0 Å². The van der Waals surface area contributed by atoms with E-state index in [1.54, 1.807) is 0 Å². The monoisotopic (exact) mass is 665 g/mol. The van der Waals surface area contributed by atoms with Crippen molar-refractivity contribution in [3.63, 3.8) is 0 Å². The van der Waals surface area contributed by atoms with Crippen LogP contribution in [0, 0.1) is 0 Å². The Labute approximate surface area is 297 Å². The molecule has 0 amide bonds. The summed E-state index contributed by atoms with van der Waals surface area (Å²) in [5.41, 5.74) is 7.97. The van der Waals surface area contributed by atoms with Crippen molar-refractivity contribution in [2.45, 2.75) is 0 Å². The lowest BCUT2D eigenvalue weighted by atomic mass is 9.92. The zero-order valence-electron chi connectivity index (χ0n) is 27.7. The van der Waals surface area contributed by atoms with Crippen LogP contribution in [-0.2, 0) is 0 Å². The van der Waals surface area contributed by atoms with Crippen molar-refractivity contribution in [2.24, 2.45) is 0 Å². The van der Waals surface area contributed by atoms with Gasteiger partial charge in [0.1, 0.15) is 22.3 Å². The first-order valence-corrected chi connectivity index (χ1v) is 17.3. The summed E-state index contributed by atoms with van der Waals surface area (Å²) in [5, 5.41) is 8.62. The van der Waals surface area contributed by atoms with Crippen LogP contribution in [0.1, 0.15) is 0 Å². The van der Waals surface area contributed by atoms with Gasteiger partial charge in [-0.1, -0.05) is 121 Å². The molecule has 0 fully saturated rings. The van der Waals surface area contributed by atoms with Crippen molar-refractivity contribution in [1.29, 1.82) is 0 Å². The zero-order valence-corrected chi connectivity index (χ0v) is 27.7. The molecule has 0 aliphatic heterocycles. The third-order valence-electron chi connectivity index (χ3n) is 10.1. The van der Waals surface area contributed by atoms with Gasteiger partial charge < -0.3 is 8.83 Å². The van der Waals surface area contributed by atoms with E-state index in [1.165, 1.54) is 0 Å². The van der Waals surface area contributed by atoms with E-state index in [-0.39, 0.29) is 0 Å². The highest BCUT2D eigenvalue weighted by atomic mass is 16.3. The minimum Gasteiger partial charge on any atom is -0.456 e. The number of hydrogen-bond donors (Lipinski definition) is 0. The first-order chi connectivity index (χ1) is 25.7. The molecule has 0 spiro atoms. The fraction of sp³-hybridized carbons (Fsp3) is 0. The van der Waals surface area contributed by atoms with Crippen molar-refractivity contribution in [3.05, 3.63) is 164 Å². The molecule has 5 nitrogen and oxygen atoms in total. The third kappa shape index (κ3) is 4.46. The Bertz CT molecular complexity index is 3110. The topological polar surface area (TPSA) is 65.0 Å². The van der Waals surface area contributed by atoms with E-state index in [1.807, 2.05) is 36.4 Å². The van der Waals surface area contributed by atoms with Gasteiger partial charge in [0.25, 0.3) is 0 Å². The highest BCUT2D eigenvalue weighted by Crippen LogP contribution is 2.45. The molecule has 11 rings (SSSR count). The molecule has 0 radical (unpaired) electrons. The molecule has 52 heavy (non-hydrogen) atoms. The van der Waals surface area contributed by atoms with Gasteiger partial charge in [-0.25, -0.2) is 15.0 Å². The molecule has 0 atom stereocenters. The number of nitrogens with zero attached hydrogens (tertiary/aromatic N) is 3. The van der Waals surface area contributed by atoms with Crippen LogP contribution < -0.4 is 0 Å². The molecule has 0 unspecified atom stereocenters. The van der Waals surface area contributed by atoms with Crippen molar-refractivity contribution < 1.29 is 8.83 Å². The molecule has 0 N–H and O–H groups in total. The summed E-state index contributed by atoms with van der Waals surface area (Å²) < 4.78 is 12.9. The molecular formula is C47H27N3O2. The first kappa shape index (κ1) is 28.7. The SMILES string of the molecule is c1ccc2cc(-c3nc(-c4ccc5ccccc5c4)nc(-c4c(-c5cccc6oc7ccccc7c56)ccc5oc6ccccc6c45)n3)ccc2c1. The number of rotatable bonds is 4. The van der Waals surface area contributed by atoms with E-state index in [2.05, 4.69) is 127 Å². The first-order valence-electron chi connectivity index (χ1n) is 17.3. The third-order valence-corrected chi connectivity index (χ3v) is 10.1. The maximum absolute atomic E-state index is 6.48. The Kier molecular flexibility index (Phi) is 6.18. The Hall–Kier alpha value is -7.11. The molecule has 0 aliphatic carbocycles. The largest absolute Gasteiger partial charge is 0.456 e. The summed E-state index contributed by atoms with van der Waals surface area (Å²) in [6.45, 7) is 0. The van der Waals surface area contributed by atoms with Gasteiger partial charge in [0.2, 0.25) is 0 Å². The fourth-order valence-electron chi connectivity index (χ4n) is 7.68. The molecule has 11 aromatic rings. The number of fused-ring (bicyclic) bond motifs is 8. The van der Waals surface area contributed by atoms with Gasteiger partial charge in [0.15, 0.2) is 17.5 Å². The molecule has 0 saturated heterocycles. The maximum atomic E-state index is 6.48. The summed E-state index contributed by atoms with van der Waals surface area (Å²) in [4.78, 5) is 15.8. The maximum Gasteiger partial charge on any atom is 0.165 e. The average Bonchev–Trinajstić information content (AvgIpc) is 3.79. The lowest BCUT2D eigenvalue weighted by Crippen LogP contribution is -2.02. The predicted octanol–water partition coefficient (Wildman–Crippen LogP) is 12.6. The van der Waals surface area contributed by atoms with Crippen LogP contribution in [0.5, 0.6) is 0 Å². The standard InChI is InChI=1S/C47H27N3O2/c1-3-12-30-26-32(22-20-28(30)10-1)45-48-46(33-23-21-29-11-2-4-13-31(29)27-33)50-47(49-45)44-35(24-25-41-43(44)37-15-6-8-18-39(37)52-41)34-16-9-19-40-42(34)36-14-5-7-17-38(36)51-40/h1-27H. The molecule has 3 aromatic heterocycles. The fourth-order valence-corrected chi connectivity index (χ4v) is 7.68. The highest BCUT2D eigenvalue weighted by molar-refractivity contribution is 6.19. The number of furan rings is 2. The van der Waals surface area contributed by atoms with Crippen LogP contribution in [0.25, 0.3) is 111 Å². The van der Waals surface area contributed by atoms with E-state index in [0.29, 0.717) is 17.5 Å². The van der Waals surface area contributed by atoms with Gasteiger partial charge in [0, 0.05) is 38.2 Å². The van der Waals surface area contributed by atoms with E-state index in [9.17, 15) is 0 Å². The summed E-state index contributed by atoms with van der Waals surface area (Å²) in [6.07, 6.45) is 0. The van der Waals surface area contributed by atoms with Crippen LogP contribution >= 0.6 is 0 Å². The Morgan fingerprint density at radius 1 is 0.327 bits per heavy atom. The van der Waals surface area contributed by atoms with E-state index in [4.69, 9.17) is 23.8 Å². The Morgan fingerprint density at radius 3 is 1.46 bits per heavy atom. The van der Waals surface area contributed by atoms with Crippen LogP contribution in [0.4, 0.5) is 0 Å². The summed E-state index contributed by atoms with van der Waals surface area (Å²) in [7, 11) is 0. The van der Waals surface area contributed by atoms with Crippen molar-refractivity contribution in [1.82, 2.24) is 15.0 Å². The molecule has 8 aromatic carbocycles. The molecular weight excluding hydrogens is 639 g/mol. The van der Waals surface area contributed by atoms with Crippen molar-refractivity contribution in [2.75, 3.05) is 0 Å². The minimum absolute atomic E-state index is 0.568. The average molecular weight is 666 g/mol. The number of aromatic nitrogens is 3. The summed E-state index contributed by atoms with van der Waals surface area (Å²) in [6, 6.07) is 56.3. The van der Waals surface area contributed by atoms with E-state index in [0.717, 1.165) is 93.2 Å². The van der Waals surface area contributed by atoms with Crippen LogP contribution in [0.3, 0.4) is 0 Å². The molecule has 5 heteroatoms. The number of benzene rings is 8. The van der Waals surface area contributed by atoms with Gasteiger partial charge in [-0.2, -0.15) is 0 Å². The van der Waals surface area contributed by atoms with Gasteiger partial charge in [-0.15, -0.1) is 0 Å². The quantitative estimate of drug-likeness (QED) is 0.187. The smallest absolute Gasteiger partial charge is 0.165 e. The normalized spacial score (nSPS) is 11.8. The second-order valence-corrected chi connectivity index (χ2v) is 13.2. The van der Waals surface area contributed by atoms with Crippen molar-refractivity contribution >= 4 is 65.4 Å². The number of hydrogen-bond acceptors (Lipinski definition) is 5. The van der Waals surface area contributed by atoms with E-state index < -0.39 is 0 Å². The lowest BCUT2D eigenvalue weighted by Gasteiger charge is -2.14. The van der Waals surface area contributed by atoms with Gasteiger partial charge in [-0.3, -0.25) is 0 Å². The molecule has 0 saturated carbocycles. The summed E-state index contributed by atoms with van der Waals surface area (Å²) in [5.74, 6) is 1.77. The van der Waals surface area contributed by atoms with Crippen LogP contribution in [0.2, 0.25) is 0 Å². The Balaban J connectivity index is 1.26. The molecule has 0 bridgehead atoms.